The molecule has 1 N–H and O–H groups in total. The van der Waals surface area contributed by atoms with E-state index in [-0.39, 0.29) is 5.91 Å². The molecule has 0 radical (unpaired) electrons. The third-order valence-corrected chi connectivity index (χ3v) is 4.70. The minimum atomic E-state index is -0.851. The minimum absolute atomic E-state index is 0.00741. The Bertz CT molecular complexity index is 593. The first-order chi connectivity index (χ1) is 9.14. The number of carbonyl (C=O) groups is 2. The van der Waals surface area contributed by atoms with Crippen molar-refractivity contribution >= 4 is 17.6 Å². The highest BCUT2D eigenvalue weighted by molar-refractivity contribution is 6.13. The van der Waals surface area contributed by atoms with Crippen molar-refractivity contribution < 1.29 is 14.7 Å². The summed E-state index contributed by atoms with van der Waals surface area (Å²) in [5, 5.41) is 9.23. The van der Waals surface area contributed by atoms with Crippen molar-refractivity contribution in [1.29, 1.82) is 0 Å². The summed E-state index contributed by atoms with van der Waals surface area (Å²) in [4.78, 5) is 25.8. The number of carboxylic acids is 1. The number of benzene rings is 1. The maximum atomic E-state index is 12.7. The highest BCUT2D eigenvalue weighted by Gasteiger charge is 2.70. The number of carboxylic acid groups (broad SMARTS) is 1. The third kappa shape index (κ3) is 1.34. The molecule has 1 aliphatic heterocycles. The van der Waals surface area contributed by atoms with Gasteiger partial charge < -0.3 is 10.0 Å². The molecule has 1 spiro atoms. The van der Waals surface area contributed by atoms with Crippen LogP contribution in [0.3, 0.4) is 0 Å². The van der Waals surface area contributed by atoms with E-state index >= 15 is 0 Å². The molecule has 3 aliphatic rings. The van der Waals surface area contributed by atoms with Gasteiger partial charge in [-0.25, -0.2) is 0 Å². The lowest BCUT2D eigenvalue weighted by Gasteiger charge is -2.17. The standard InChI is InChI=1S/C15H15NO3/c17-13(18)11-7-15(11)10-3-1-2-4-12(10)16(14(15)19)8-9-5-6-9/h1-4,9,11H,5-8H2,(H,17,18)/t11-,15+/m1/s1. The Morgan fingerprint density at radius 2 is 2.11 bits per heavy atom. The summed E-state index contributed by atoms with van der Waals surface area (Å²) in [5.74, 6) is -0.774. The molecule has 0 aromatic heterocycles. The molecule has 1 aromatic rings. The van der Waals surface area contributed by atoms with Crippen LogP contribution < -0.4 is 4.90 Å². The van der Waals surface area contributed by atoms with Crippen molar-refractivity contribution in [3.05, 3.63) is 29.8 Å². The van der Waals surface area contributed by atoms with Crippen LogP contribution >= 0.6 is 0 Å². The van der Waals surface area contributed by atoms with Gasteiger partial charge in [-0.2, -0.15) is 0 Å². The normalized spacial score (nSPS) is 31.7. The molecular formula is C15H15NO3. The topological polar surface area (TPSA) is 57.6 Å². The fraction of sp³-hybridized carbons (Fsp3) is 0.467. The smallest absolute Gasteiger partial charge is 0.307 e. The van der Waals surface area contributed by atoms with E-state index < -0.39 is 17.3 Å². The summed E-state index contributed by atoms with van der Waals surface area (Å²) < 4.78 is 0. The van der Waals surface area contributed by atoms with E-state index in [0.29, 0.717) is 12.3 Å². The van der Waals surface area contributed by atoms with Crippen LogP contribution in [-0.2, 0) is 15.0 Å². The number of rotatable bonds is 3. The van der Waals surface area contributed by atoms with Crippen LogP contribution in [-0.4, -0.2) is 23.5 Å². The van der Waals surface area contributed by atoms with Crippen molar-refractivity contribution in [1.82, 2.24) is 0 Å². The second kappa shape index (κ2) is 3.38. The predicted octanol–water partition coefficient (Wildman–Crippen LogP) is 1.79. The number of nitrogens with zero attached hydrogens (tertiary/aromatic N) is 1. The fourth-order valence-electron chi connectivity index (χ4n) is 3.39. The number of aliphatic carboxylic acids is 1. The molecule has 2 aliphatic carbocycles. The molecule has 2 saturated carbocycles. The van der Waals surface area contributed by atoms with Gasteiger partial charge in [0.1, 0.15) is 0 Å². The minimum Gasteiger partial charge on any atom is -0.481 e. The van der Waals surface area contributed by atoms with Gasteiger partial charge in [0.25, 0.3) is 0 Å². The van der Waals surface area contributed by atoms with Gasteiger partial charge in [0.05, 0.1) is 11.3 Å². The molecule has 1 heterocycles. The van der Waals surface area contributed by atoms with Crippen LogP contribution in [0.2, 0.25) is 0 Å². The highest BCUT2D eigenvalue weighted by atomic mass is 16.4. The molecule has 1 aromatic carbocycles. The number of hydrogen-bond acceptors (Lipinski definition) is 2. The van der Waals surface area contributed by atoms with Gasteiger partial charge in [0, 0.05) is 12.2 Å². The number of hydrogen-bond donors (Lipinski definition) is 1. The van der Waals surface area contributed by atoms with E-state index in [9.17, 15) is 14.7 Å². The lowest BCUT2D eigenvalue weighted by molar-refractivity contribution is -0.140. The monoisotopic (exact) mass is 257 g/mol. The fourth-order valence-corrected chi connectivity index (χ4v) is 3.39. The zero-order valence-electron chi connectivity index (χ0n) is 10.5. The lowest BCUT2D eigenvalue weighted by Crippen LogP contribution is -2.35. The van der Waals surface area contributed by atoms with Gasteiger partial charge in [0.2, 0.25) is 5.91 Å². The van der Waals surface area contributed by atoms with Crippen LogP contribution in [0.5, 0.6) is 0 Å². The molecule has 2 fully saturated rings. The molecule has 4 nitrogen and oxygen atoms in total. The Hall–Kier alpha value is -1.84. The molecule has 4 heteroatoms. The zero-order valence-corrected chi connectivity index (χ0v) is 10.5. The Kier molecular flexibility index (Phi) is 1.96. The Balaban J connectivity index is 1.78. The van der Waals surface area contributed by atoms with Crippen LogP contribution in [0.25, 0.3) is 0 Å². The third-order valence-electron chi connectivity index (χ3n) is 4.70. The number of para-hydroxylation sites is 1. The van der Waals surface area contributed by atoms with Crippen LogP contribution in [0.15, 0.2) is 24.3 Å². The molecule has 98 valence electrons. The first-order valence-corrected chi connectivity index (χ1v) is 6.79. The van der Waals surface area contributed by atoms with Gasteiger partial charge >= 0.3 is 5.97 Å². The second-order valence-electron chi connectivity index (χ2n) is 5.94. The largest absolute Gasteiger partial charge is 0.481 e. The van der Waals surface area contributed by atoms with Crippen LogP contribution in [0.4, 0.5) is 5.69 Å². The number of anilines is 1. The number of fused-ring (bicyclic) bond motifs is 2. The maximum Gasteiger partial charge on any atom is 0.307 e. The molecule has 1 amide bonds. The van der Waals surface area contributed by atoms with Crippen molar-refractivity contribution in [2.45, 2.75) is 24.7 Å². The number of amides is 1. The van der Waals surface area contributed by atoms with Crippen molar-refractivity contribution in [2.24, 2.45) is 11.8 Å². The van der Waals surface area contributed by atoms with Gasteiger partial charge in [-0.3, -0.25) is 9.59 Å². The van der Waals surface area contributed by atoms with E-state index in [2.05, 4.69) is 0 Å². The Labute approximate surface area is 111 Å². The Morgan fingerprint density at radius 1 is 1.37 bits per heavy atom. The molecule has 0 unspecified atom stereocenters. The SMILES string of the molecule is O=C(O)[C@H]1C[C@@]12C(=O)N(CC1CC1)c1ccccc12. The average molecular weight is 257 g/mol. The summed E-state index contributed by atoms with van der Waals surface area (Å²) in [6, 6.07) is 7.68. The van der Waals surface area contributed by atoms with Crippen molar-refractivity contribution in [3.63, 3.8) is 0 Å². The second-order valence-corrected chi connectivity index (χ2v) is 5.94. The maximum absolute atomic E-state index is 12.7. The molecule has 0 saturated heterocycles. The summed E-state index contributed by atoms with van der Waals surface area (Å²) >= 11 is 0. The molecule has 19 heavy (non-hydrogen) atoms. The first-order valence-electron chi connectivity index (χ1n) is 6.79. The van der Waals surface area contributed by atoms with Crippen LogP contribution in [0.1, 0.15) is 24.8 Å². The molecule has 4 rings (SSSR count). The summed E-state index contributed by atoms with van der Waals surface area (Å²) in [6.07, 6.45) is 2.82. The van der Waals surface area contributed by atoms with Gasteiger partial charge in [-0.05, 0) is 36.8 Å². The molecule has 2 atom stereocenters. The quantitative estimate of drug-likeness (QED) is 0.898. The predicted molar refractivity (Wildman–Crippen MR) is 68.9 cm³/mol. The lowest BCUT2D eigenvalue weighted by atomic mass is 9.95. The van der Waals surface area contributed by atoms with Gasteiger partial charge in [-0.15, -0.1) is 0 Å². The van der Waals surface area contributed by atoms with E-state index in [1.807, 2.05) is 29.2 Å². The summed E-state index contributed by atoms with van der Waals surface area (Å²) in [7, 11) is 0. The zero-order chi connectivity index (χ0) is 13.2. The average Bonchev–Trinajstić information content (AvgIpc) is 3.28. The molecule has 0 bridgehead atoms. The van der Waals surface area contributed by atoms with E-state index in [4.69, 9.17) is 0 Å². The van der Waals surface area contributed by atoms with E-state index in [0.717, 1.165) is 17.8 Å². The van der Waals surface area contributed by atoms with Crippen molar-refractivity contribution in [2.75, 3.05) is 11.4 Å². The van der Waals surface area contributed by atoms with Gasteiger partial charge in [-0.1, -0.05) is 18.2 Å². The van der Waals surface area contributed by atoms with Crippen molar-refractivity contribution in [3.8, 4) is 0 Å². The van der Waals surface area contributed by atoms with Crippen LogP contribution in [0, 0.1) is 11.8 Å². The van der Waals surface area contributed by atoms with Gasteiger partial charge in [0.15, 0.2) is 0 Å². The Morgan fingerprint density at radius 3 is 2.74 bits per heavy atom. The highest BCUT2D eigenvalue weighted by Crippen LogP contribution is 2.62. The number of carbonyl (C=O) groups excluding carboxylic acids is 1. The molecular weight excluding hydrogens is 242 g/mol. The van der Waals surface area contributed by atoms with E-state index in [1.54, 1.807) is 0 Å². The summed E-state index contributed by atoms with van der Waals surface area (Å²) in [5.41, 5.74) is 1.10. The first kappa shape index (κ1) is 11.0. The van der Waals surface area contributed by atoms with E-state index in [1.165, 1.54) is 12.8 Å². The summed E-state index contributed by atoms with van der Waals surface area (Å²) in [6.45, 7) is 0.754.